The summed E-state index contributed by atoms with van der Waals surface area (Å²) in [6.45, 7) is 4.11. The normalized spacial score (nSPS) is 22.1. The van der Waals surface area contributed by atoms with Crippen molar-refractivity contribution in [3.05, 3.63) is 29.3 Å². The van der Waals surface area contributed by atoms with Gasteiger partial charge < -0.3 is 15.2 Å². The third-order valence-corrected chi connectivity index (χ3v) is 5.81. The number of amides is 1. The summed E-state index contributed by atoms with van der Waals surface area (Å²) in [6, 6.07) is 4.51. The highest BCUT2D eigenvalue weighted by Crippen LogP contribution is 2.21. The molecule has 0 saturated carbocycles. The van der Waals surface area contributed by atoms with Crippen molar-refractivity contribution < 1.29 is 23.1 Å². The molecule has 1 aliphatic heterocycles. The first-order chi connectivity index (χ1) is 11.7. The largest absolute Gasteiger partial charge is 0.366 e. The Hall–Kier alpha value is -1.19. The van der Waals surface area contributed by atoms with Gasteiger partial charge in [0.2, 0.25) is 15.9 Å². The number of aliphatic hydroxyl groups is 1. The minimum Gasteiger partial charge on any atom is -0.366 e. The van der Waals surface area contributed by atoms with Crippen LogP contribution in [-0.2, 0) is 19.6 Å². The molecule has 25 heavy (non-hydrogen) atoms. The van der Waals surface area contributed by atoms with Crippen molar-refractivity contribution in [3.8, 4) is 0 Å². The summed E-state index contributed by atoms with van der Waals surface area (Å²) in [5, 5.41) is 12.4. The SMILES string of the molecule is CC(C)C[C@H](NS(=O)(=O)c1ccccc1Cl)C(=O)N[C@H]1CCOC1O. The average Bonchev–Trinajstić information content (AvgIpc) is 2.91. The van der Waals surface area contributed by atoms with E-state index in [-0.39, 0.29) is 15.8 Å². The van der Waals surface area contributed by atoms with Gasteiger partial charge in [-0.3, -0.25) is 4.79 Å². The van der Waals surface area contributed by atoms with Crippen molar-refractivity contribution in [3.63, 3.8) is 0 Å². The Morgan fingerprint density at radius 2 is 2.08 bits per heavy atom. The molecule has 0 aliphatic carbocycles. The molecule has 0 bridgehead atoms. The molecule has 1 aromatic rings. The lowest BCUT2D eigenvalue weighted by atomic mass is 10.0. The molecular formula is C16H23ClN2O5S. The number of benzene rings is 1. The third kappa shape index (κ3) is 5.39. The average molecular weight is 391 g/mol. The molecule has 1 fully saturated rings. The van der Waals surface area contributed by atoms with Gasteiger partial charge in [-0.05, 0) is 30.9 Å². The first-order valence-electron chi connectivity index (χ1n) is 8.07. The Kier molecular flexibility index (Phi) is 6.81. The van der Waals surface area contributed by atoms with E-state index in [0.717, 1.165) is 0 Å². The van der Waals surface area contributed by atoms with Gasteiger partial charge in [-0.25, -0.2) is 8.42 Å². The zero-order valence-corrected chi connectivity index (χ0v) is 15.7. The van der Waals surface area contributed by atoms with Gasteiger partial charge in [-0.15, -0.1) is 0 Å². The van der Waals surface area contributed by atoms with Crippen LogP contribution >= 0.6 is 11.6 Å². The van der Waals surface area contributed by atoms with Crippen molar-refractivity contribution in [2.24, 2.45) is 5.92 Å². The van der Waals surface area contributed by atoms with Crippen LogP contribution in [0.15, 0.2) is 29.2 Å². The first-order valence-corrected chi connectivity index (χ1v) is 9.93. The van der Waals surface area contributed by atoms with E-state index in [1.54, 1.807) is 12.1 Å². The van der Waals surface area contributed by atoms with Crippen LogP contribution in [0.5, 0.6) is 0 Å². The summed E-state index contributed by atoms with van der Waals surface area (Å²) < 4.78 is 32.6. The van der Waals surface area contributed by atoms with E-state index in [4.69, 9.17) is 16.3 Å². The number of sulfonamides is 1. The maximum Gasteiger partial charge on any atom is 0.242 e. The van der Waals surface area contributed by atoms with Gasteiger partial charge in [0.1, 0.15) is 10.9 Å². The van der Waals surface area contributed by atoms with E-state index in [1.165, 1.54) is 12.1 Å². The van der Waals surface area contributed by atoms with Gasteiger partial charge in [0.25, 0.3) is 0 Å². The van der Waals surface area contributed by atoms with Crippen LogP contribution in [0.1, 0.15) is 26.7 Å². The Bertz CT molecular complexity index is 710. The van der Waals surface area contributed by atoms with E-state index in [2.05, 4.69) is 10.0 Å². The molecule has 0 radical (unpaired) electrons. The van der Waals surface area contributed by atoms with Crippen molar-refractivity contribution in [1.29, 1.82) is 0 Å². The standard InChI is InChI=1S/C16H23ClN2O5S/c1-10(2)9-13(15(20)18-12-7-8-24-16(12)21)19-25(22,23)14-6-4-3-5-11(14)17/h3-6,10,12-13,16,19,21H,7-9H2,1-2H3,(H,18,20)/t12-,13-,16?/m0/s1. The van der Waals surface area contributed by atoms with Gasteiger partial charge in [0.15, 0.2) is 6.29 Å². The molecule has 9 heteroatoms. The minimum atomic E-state index is -3.96. The minimum absolute atomic E-state index is 0.0782. The number of halogens is 1. The fraction of sp³-hybridized carbons (Fsp3) is 0.562. The van der Waals surface area contributed by atoms with E-state index in [1.807, 2.05) is 13.8 Å². The van der Waals surface area contributed by atoms with Crippen LogP contribution in [-0.4, -0.2) is 44.4 Å². The molecule has 3 N–H and O–H groups in total. The Labute approximate surface area is 152 Å². The molecule has 1 aromatic carbocycles. The Morgan fingerprint density at radius 3 is 2.64 bits per heavy atom. The first kappa shape index (κ1) is 20.1. The number of hydrogen-bond acceptors (Lipinski definition) is 5. The second-order valence-corrected chi connectivity index (χ2v) is 8.49. The summed E-state index contributed by atoms with van der Waals surface area (Å²) >= 11 is 5.96. The topological polar surface area (TPSA) is 105 Å². The fourth-order valence-corrected chi connectivity index (χ4v) is 4.32. The molecule has 140 valence electrons. The summed E-state index contributed by atoms with van der Waals surface area (Å²) in [5.41, 5.74) is 0. The van der Waals surface area contributed by atoms with Crippen LogP contribution in [0.25, 0.3) is 0 Å². The molecule has 1 amide bonds. The molecule has 2 rings (SSSR count). The number of hydrogen-bond donors (Lipinski definition) is 3. The highest BCUT2D eigenvalue weighted by atomic mass is 35.5. The quantitative estimate of drug-likeness (QED) is 0.650. The van der Waals surface area contributed by atoms with Crippen molar-refractivity contribution in [2.75, 3.05) is 6.61 Å². The highest BCUT2D eigenvalue weighted by molar-refractivity contribution is 7.89. The molecule has 1 unspecified atom stereocenters. The molecule has 1 saturated heterocycles. The zero-order chi connectivity index (χ0) is 18.6. The number of nitrogens with one attached hydrogen (secondary N) is 2. The number of rotatable bonds is 7. The Morgan fingerprint density at radius 1 is 1.40 bits per heavy atom. The second kappa shape index (κ2) is 8.46. The molecule has 0 spiro atoms. The van der Waals surface area contributed by atoms with E-state index in [9.17, 15) is 18.3 Å². The lowest BCUT2D eigenvalue weighted by Crippen LogP contribution is -2.51. The van der Waals surface area contributed by atoms with E-state index in [0.29, 0.717) is 19.4 Å². The predicted octanol–water partition coefficient (Wildman–Crippen LogP) is 1.26. The van der Waals surface area contributed by atoms with Gasteiger partial charge in [-0.1, -0.05) is 37.6 Å². The van der Waals surface area contributed by atoms with Gasteiger partial charge >= 0.3 is 0 Å². The number of aliphatic hydroxyl groups excluding tert-OH is 1. The van der Waals surface area contributed by atoms with Crippen LogP contribution < -0.4 is 10.0 Å². The monoisotopic (exact) mass is 390 g/mol. The van der Waals surface area contributed by atoms with Crippen LogP contribution in [0, 0.1) is 5.92 Å². The number of carbonyl (C=O) groups excluding carboxylic acids is 1. The summed E-state index contributed by atoms with van der Waals surface area (Å²) in [7, 11) is -3.96. The van der Waals surface area contributed by atoms with Crippen molar-refractivity contribution in [2.45, 2.75) is 50.0 Å². The fourth-order valence-electron chi connectivity index (χ4n) is 2.59. The van der Waals surface area contributed by atoms with Crippen molar-refractivity contribution in [1.82, 2.24) is 10.0 Å². The summed E-state index contributed by atoms with van der Waals surface area (Å²) in [4.78, 5) is 12.5. The van der Waals surface area contributed by atoms with Crippen LogP contribution in [0.3, 0.4) is 0 Å². The van der Waals surface area contributed by atoms with Crippen LogP contribution in [0.2, 0.25) is 5.02 Å². The number of carbonyl (C=O) groups is 1. The number of ether oxygens (including phenoxy) is 1. The van der Waals surface area contributed by atoms with E-state index >= 15 is 0 Å². The van der Waals surface area contributed by atoms with Gasteiger partial charge in [0.05, 0.1) is 17.7 Å². The lowest BCUT2D eigenvalue weighted by Gasteiger charge is -2.23. The van der Waals surface area contributed by atoms with E-state index < -0.39 is 34.3 Å². The molecule has 0 aromatic heterocycles. The summed E-state index contributed by atoms with van der Waals surface area (Å²) in [5.74, 6) is -0.423. The predicted molar refractivity (Wildman–Crippen MR) is 93.5 cm³/mol. The maximum atomic E-state index is 12.6. The molecule has 3 atom stereocenters. The molecule has 1 heterocycles. The van der Waals surface area contributed by atoms with Crippen molar-refractivity contribution >= 4 is 27.5 Å². The van der Waals surface area contributed by atoms with Gasteiger partial charge in [0, 0.05) is 0 Å². The Balaban J connectivity index is 2.16. The zero-order valence-electron chi connectivity index (χ0n) is 14.1. The lowest BCUT2D eigenvalue weighted by molar-refractivity contribution is -0.127. The highest BCUT2D eigenvalue weighted by Gasteiger charge is 2.32. The molecule has 1 aliphatic rings. The van der Waals surface area contributed by atoms with Crippen LogP contribution in [0.4, 0.5) is 0 Å². The second-order valence-electron chi connectivity index (χ2n) is 6.40. The maximum absolute atomic E-state index is 12.6. The third-order valence-electron chi connectivity index (χ3n) is 3.84. The molecule has 7 nitrogen and oxygen atoms in total. The summed E-state index contributed by atoms with van der Waals surface area (Å²) in [6.07, 6.45) is -0.304. The van der Waals surface area contributed by atoms with Gasteiger partial charge in [-0.2, -0.15) is 4.72 Å². The smallest absolute Gasteiger partial charge is 0.242 e. The molecular weight excluding hydrogens is 368 g/mol.